The molecule has 2 N–H and O–H groups in total. The molecule has 1 aliphatic heterocycles. The van der Waals surface area contributed by atoms with E-state index >= 15 is 0 Å². The molecule has 2 amide bonds. The molecular formula is C16H18N4O2S. The molecule has 2 aromatic rings. The van der Waals surface area contributed by atoms with Crippen molar-refractivity contribution in [1.29, 1.82) is 0 Å². The summed E-state index contributed by atoms with van der Waals surface area (Å²) in [5.74, 6) is -0.0228. The van der Waals surface area contributed by atoms with Gasteiger partial charge in [0.05, 0.1) is 5.69 Å². The number of nitrogens with two attached hydrogens (primary N) is 1. The zero-order valence-corrected chi connectivity index (χ0v) is 13.7. The Hall–Kier alpha value is -2.41. The second-order valence-electron chi connectivity index (χ2n) is 5.39. The molecular weight excluding hydrogens is 312 g/mol. The molecule has 0 aliphatic carbocycles. The fourth-order valence-electron chi connectivity index (χ4n) is 2.64. The lowest BCUT2D eigenvalue weighted by Crippen LogP contribution is -2.50. The molecule has 0 spiro atoms. The zero-order valence-electron chi connectivity index (χ0n) is 12.9. The van der Waals surface area contributed by atoms with Crippen LogP contribution in [0.4, 0.5) is 5.13 Å². The number of anilines is 1. The summed E-state index contributed by atoms with van der Waals surface area (Å²) in [5, 5.41) is 0.384. The van der Waals surface area contributed by atoms with Crippen molar-refractivity contribution in [2.45, 2.75) is 6.92 Å². The van der Waals surface area contributed by atoms with Crippen LogP contribution in [0.1, 0.15) is 16.6 Å². The molecule has 0 unspecified atom stereocenters. The maximum Gasteiger partial charge on any atom is 0.266 e. The number of piperazine rings is 1. The van der Waals surface area contributed by atoms with E-state index in [1.807, 2.05) is 30.3 Å². The van der Waals surface area contributed by atoms with Gasteiger partial charge >= 0.3 is 0 Å². The van der Waals surface area contributed by atoms with Crippen molar-refractivity contribution >= 4 is 28.3 Å². The maximum atomic E-state index is 12.8. The zero-order chi connectivity index (χ0) is 16.4. The van der Waals surface area contributed by atoms with Gasteiger partial charge in [-0.15, -0.1) is 0 Å². The molecule has 2 heterocycles. The Morgan fingerprint density at radius 1 is 1.09 bits per heavy atom. The van der Waals surface area contributed by atoms with Crippen LogP contribution in [0.2, 0.25) is 0 Å². The monoisotopic (exact) mass is 330 g/mol. The van der Waals surface area contributed by atoms with Crippen LogP contribution in [0.25, 0.3) is 11.3 Å². The minimum absolute atomic E-state index is 0.0455. The summed E-state index contributed by atoms with van der Waals surface area (Å²) in [6, 6.07) is 9.56. The lowest BCUT2D eigenvalue weighted by Gasteiger charge is -2.34. The molecule has 120 valence electrons. The third-order valence-corrected chi connectivity index (χ3v) is 4.77. The summed E-state index contributed by atoms with van der Waals surface area (Å²) < 4.78 is 0. The largest absolute Gasteiger partial charge is 0.375 e. The predicted octanol–water partition coefficient (Wildman–Crippen LogP) is 1.70. The van der Waals surface area contributed by atoms with E-state index in [9.17, 15) is 9.59 Å². The molecule has 7 heteroatoms. The van der Waals surface area contributed by atoms with E-state index in [1.165, 1.54) is 11.3 Å². The second-order valence-corrected chi connectivity index (χ2v) is 6.42. The maximum absolute atomic E-state index is 12.8. The van der Waals surface area contributed by atoms with Gasteiger partial charge in [-0.3, -0.25) is 9.59 Å². The highest BCUT2D eigenvalue weighted by atomic mass is 32.1. The number of benzene rings is 1. The second kappa shape index (κ2) is 6.37. The van der Waals surface area contributed by atoms with Gasteiger partial charge in [0, 0.05) is 38.7 Å². The van der Waals surface area contributed by atoms with Crippen LogP contribution in [-0.4, -0.2) is 52.8 Å². The number of hydrogen-bond donors (Lipinski definition) is 1. The predicted molar refractivity (Wildman–Crippen MR) is 90.1 cm³/mol. The standard InChI is InChI=1S/C16H18N4O2S/c1-11(21)19-7-9-20(10-8-19)15(22)14-13(18-16(17)23-14)12-5-3-2-4-6-12/h2-6H,7-10H2,1H3,(H2,17,18). The summed E-state index contributed by atoms with van der Waals surface area (Å²) >= 11 is 1.21. The Balaban J connectivity index is 1.83. The topological polar surface area (TPSA) is 79.5 Å². The van der Waals surface area contributed by atoms with Gasteiger partial charge in [0.15, 0.2) is 5.13 Å². The molecule has 1 saturated heterocycles. The molecule has 1 fully saturated rings. The minimum atomic E-state index is -0.0683. The fourth-order valence-corrected chi connectivity index (χ4v) is 3.46. The van der Waals surface area contributed by atoms with Gasteiger partial charge in [-0.1, -0.05) is 41.7 Å². The summed E-state index contributed by atoms with van der Waals surface area (Å²) in [6.45, 7) is 3.75. The van der Waals surface area contributed by atoms with Gasteiger partial charge in [-0.2, -0.15) is 0 Å². The third kappa shape index (κ3) is 3.19. The summed E-state index contributed by atoms with van der Waals surface area (Å²) in [5.41, 5.74) is 7.34. The Labute approximate surface area is 138 Å². The van der Waals surface area contributed by atoms with E-state index in [0.717, 1.165) is 5.56 Å². The highest BCUT2D eigenvalue weighted by Gasteiger charge is 2.27. The quantitative estimate of drug-likeness (QED) is 0.909. The normalized spacial score (nSPS) is 14.8. The number of hydrogen-bond acceptors (Lipinski definition) is 5. The van der Waals surface area contributed by atoms with Crippen LogP contribution in [-0.2, 0) is 4.79 Å². The van der Waals surface area contributed by atoms with Gasteiger partial charge in [-0.05, 0) is 0 Å². The molecule has 23 heavy (non-hydrogen) atoms. The van der Waals surface area contributed by atoms with Crippen molar-refractivity contribution in [3.05, 3.63) is 35.2 Å². The third-order valence-electron chi connectivity index (χ3n) is 3.90. The number of rotatable bonds is 2. The van der Waals surface area contributed by atoms with E-state index in [0.29, 0.717) is 41.9 Å². The Morgan fingerprint density at radius 2 is 1.70 bits per heavy atom. The SMILES string of the molecule is CC(=O)N1CCN(C(=O)c2sc(N)nc2-c2ccccc2)CC1. The lowest BCUT2D eigenvalue weighted by atomic mass is 10.1. The van der Waals surface area contributed by atoms with Crippen LogP contribution < -0.4 is 5.73 Å². The summed E-state index contributed by atoms with van der Waals surface area (Å²) in [4.78, 5) is 32.6. The van der Waals surface area contributed by atoms with Crippen molar-refractivity contribution in [2.75, 3.05) is 31.9 Å². The molecule has 0 radical (unpaired) electrons. The van der Waals surface area contributed by atoms with Crippen molar-refractivity contribution in [1.82, 2.24) is 14.8 Å². The number of amides is 2. The number of nitrogen functional groups attached to an aromatic ring is 1. The molecule has 6 nitrogen and oxygen atoms in total. The average molecular weight is 330 g/mol. The van der Waals surface area contributed by atoms with Gasteiger partial charge in [0.2, 0.25) is 5.91 Å². The van der Waals surface area contributed by atoms with E-state index < -0.39 is 0 Å². The van der Waals surface area contributed by atoms with Crippen LogP contribution in [0.5, 0.6) is 0 Å². The first-order valence-corrected chi connectivity index (χ1v) is 8.24. The molecule has 0 atom stereocenters. The summed E-state index contributed by atoms with van der Waals surface area (Å²) in [7, 11) is 0. The number of nitrogens with zero attached hydrogens (tertiary/aromatic N) is 3. The summed E-state index contributed by atoms with van der Waals surface area (Å²) in [6.07, 6.45) is 0. The molecule has 1 aliphatic rings. The highest BCUT2D eigenvalue weighted by molar-refractivity contribution is 7.17. The highest BCUT2D eigenvalue weighted by Crippen LogP contribution is 2.30. The number of carbonyl (C=O) groups is 2. The number of aromatic nitrogens is 1. The van der Waals surface area contributed by atoms with Gasteiger partial charge in [-0.25, -0.2) is 4.98 Å². The molecule has 0 bridgehead atoms. The van der Waals surface area contributed by atoms with Crippen LogP contribution >= 0.6 is 11.3 Å². The van der Waals surface area contributed by atoms with Crippen LogP contribution in [0, 0.1) is 0 Å². The molecule has 0 saturated carbocycles. The Kier molecular flexibility index (Phi) is 4.29. The minimum Gasteiger partial charge on any atom is -0.375 e. The van der Waals surface area contributed by atoms with E-state index in [4.69, 9.17) is 5.73 Å². The molecule has 3 rings (SSSR count). The van der Waals surface area contributed by atoms with Crippen LogP contribution in [0.15, 0.2) is 30.3 Å². The van der Waals surface area contributed by atoms with Gasteiger partial charge in [0.1, 0.15) is 4.88 Å². The van der Waals surface area contributed by atoms with Crippen molar-refractivity contribution in [3.8, 4) is 11.3 Å². The van der Waals surface area contributed by atoms with Gasteiger partial charge in [0.25, 0.3) is 5.91 Å². The first-order valence-electron chi connectivity index (χ1n) is 7.43. The van der Waals surface area contributed by atoms with E-state index in [2.05, 4.69) is 4.98 Å². The average Bonchev–Trinajstić information content (AvgIpc) is 2.97. The van der Waals surface area contributed by atoms with Gasteiger partial charge < -0.3 is 15.5 Å². The Bertz CT molecular complexity index is 721. The van der Waals surface area contributed by atoms with Crippen molar-refractivity contribution in [2.24, 2.45) is 0 Å². The Morgan fingerprint density at radius 3 is 2.30 bits per heavy atom. The fraction of sp³-hybridized carbons (Fsp3) is 0.312. The number of thiazole rings is 1. The lowest BCUT2D eigenvalue weighted by molar-refractivity contribution is -0.130. The van der Waals surface area contributed by atoms with Crippen molar-refractivity contribution < 1.29 is 9.59 Å². The molecule has 1 aromatic heterocycles. The smallest absolute Gasteiger partial charge is 0.266 e. The van der Waals surface area contributed by atoms with Crippen molar-refractivity contribution in [3.63, 3.8) is 0 Å². The first-order chi connectivity index (χ1) is 11.1. The van der Waals surface area contributed by atoms with E-state index in [1.54, 1.807) is 16.7 Å². The first kappa shape index (κ1) is 15.5. The number of carbonyl (C=O) groups excluding carboxylic acids is 2. The molecule has 1 aromatic carbocycles. The van der Waals surface area contributed by atoms with Crippen LogP contribution in [0.3, 0.4) is 0 Å². The van der Waals surface area contributed by atoms with E-state index in [-0.39, 0.29) is 11.8 Å².